The third kappa shape index (κ3) is 10.2. The fraction of sp³-hybridized carbons (Fsp3) is 0.467. The number of hydrogen-bond donors (Lipinski definition) is 1. The van der Waals surface area contributed by atoms with Crippen molar-refractivity contribution in [3.8, 4) is 0 Å². The van der Waals surface area contributed by atoms with E-state index in [0.717, 1.165) is 39.7 Å². The smallest absolute Gasteiger partial charge is 0.221 e. The van der Waals surface area contributed by atoms with Crippen molar-refractivity contribution in [3.63, 3.8) is 0 Å². The molecule has 5 heteroatoms. The summed E-state index contributed by atoms with van der Waals surface area (Å²) in [6.45, 7) is 13.0. The van der Waals surface area contributed by atoms with E-state index in [1.165, 1.54) is 51.2 Å². The Morgan fingerprint density at radius 3 is 2.34 bits per heavy atom. The molecule has 4 nitrogen and oxygen atoms in total. The van der Waals surface area contributed by atoms with Crippen LogP contribution in [0.1, 0.15) is 84.8 Å². The van der Waals surface area contributed by atoms with Crippen LogP contribution < -0.4 is 5.32 Å². The number of rotatable bonds is 6. The van der Waals surface area contributed by atoms with E-state index in [1.807, 2.05) is 39.0 Å². The average Bonchev–Trinajstić information content (AvgIpc) is 3.38. The van der Waals surface area contributed by atoms with Crippen LogP contribution in [0.25, 0.3) is 16.5 Å². The summed E-state index contributed by atoms with van der Waals surface area (Å²) in [7, 11) is 1.80. The van der Waals surface area contributed by atoms with Crippen LogP contribution in [0.15, 0.2) is 54.0 Å². The number of methoxy groups -OCH3 is 1. The number of anilines is 1. The highest BCUT2D eigenvalue weighted by Gasteiger charge is 2.12. The van der Waals surface area contributed by atoms with Crippen molar-refractivity contribution in [1.29, 1.82) is 0 Å². The van der Waals surface area contributed by atoms with Crippen molar-refractivity contribution in [2.45, 2.75) is 86.7 Å². The molecule has 1 aromatic carbocycles. The number of halogens is 1. The van der Waals surface area contributed by atoms with Crippen molar-refractivity contribution in [1.82, 2.24) is 4.98 Å². The SMILES string of the molecule is CC.CC\C(C)=C/C(=C\C=C(/C)F)c1ccc2ncc(C)c(NC(C)=O)c2c1.COC1CCCC1. The van der Waals surface area contributed by atoms with Crippen LogP contribution in [0.3, 0.4) is 0 Å². The van der Waals surface area contributed by atoms with E-state index >= 15 is 0 Å². The number of ether oxygens (including phenoxy) is 1. The number of aromatic nitrogens is 1. The monoisotopic (exact) mass is 482 g/mol. The number of pyridine rings is 1. The lowest BCUT2D eigenvalue weighted by Crippen LogP contribution is -2.08. The van der Waals surface area contributed by atoms with E-state index in [4.69, 9.17) is 4.74 Å². The lowest BCUT2D eigenvalue weighted by molar-refractivity contribution is -0.114. The number of aryl methyl sites for hydroxylation is 1. The standard InChI is InChI=1S/C22H25FN2O.C6H12O.C2H6/c1-6-14(2)11-18(8-7-16(4)23)19-9-10-21-20(12-19)22(25-17(5)26)15(3)13-24-21;1-7-6-4-2-3-5-6;1-2/h7-13H,6H2,1-5H3,(H,24,25,26);6H,2-5H2,1H3;1-2H3/b14-11-,16-7+,18-8+;;. The van der Waals surface area contributed by atoms with Gasteiger partial charge in [-0.3, -0.25) is 9.78 Å². The second-order valence-corrected chi connectivity index (χ2v) is 8.59. The Hall–Kier alpha value is -2.79. The molecule has 1 aliphatic carbocycles. The number of nitrogens with one attached hydrogen (secondary N) is 1. The number of allylic oxidation sites excluding steroid dienone is 6. The molecule has 0 radical (unpaired) electrons. The summed E-state index contributed by atoms with van der Waals surface area (Å²) in [5.74, 6) is -0.373. The fourth-order valence-electron chi connectivity index (χ4n) is 3.74. The van der Waals surface area contributed by atoms with Crippen molar-refractivity contribution in [3.05, 3.63) is 65.2 Å². The third-order valence-corrected chi connectivity index (χ3v) is 5.78. The van der Waals surface area contributed by atoms with Gasteiger partial charge in [-0.2, -0.15) is 0 Å². The quantitative estimate of drug-likeness (QED) is 0.419. The van der Waals surface area contributed by atoms with Gasteiger partial charge in [0.25, 0.3) is 0 Å². The minimum Gasteiger partial charge on any atom is -0.381 e. The molecule has 0 unspecified atom stereocenters. The summed E-state index contributed by atoms with van der Waals surface area (Å²) in [5.41, 5.74) is 5.52. The summed E-state index contributed by atoms with van der Waals surface area (Å²) < 4.78 is 18.4. The van der Waals surface area contributed by atoms with Gasteiger partial charge in [0.15, 0.2) is 0 Å². The Morgan fingerprint density at radius 2 is 1.83 bits per heavy atom. The van der Waals surface area contributed by atoms with Gasteiger partial charge >= 0.3 is 0 Å². The van der Waals surface area contributed by atoms with E-state index in [-0.39, 0.29) is 11.7 Å². The summed E-state index contributed by atoms with van der Waals surface area (Å²) in [6, 6.07) is 5.88. The Labute approximate surface area is 211 Å². The zero-order valence-corrected chi connectivity index (χ0v) is 22.8. The van der Waals surface area contributed by atoms with Crippen LogP contribution in [-0.4, -0.2) is 24.1 Å². The molecule has 1 saturated carbocycles. The van der Waals surface area contributed by atoms with E-state index < -0.39 is 0 Å². The maximum Gasteiger partial charge on any atom is 0.221 e. The zero-order valence-electron chi connectivity index (χ0n) is 22.8. The van der Waals surface area contributed by atoms with Gasteiger partial charge in [-0.15, -0.1) is 0 Å². The summed E-state index contributed by atoms with van der Waals surface area (Å²) >= 11 is 0. The molecule has 1 amide bonds. The van der Waals surface area contributed by atoms with Crippen molar-refractivity contribution in [2.75, 3.05) is 12.4 Å². The minimum absolute atomic E-state index is 0.125. The van der Waals surface area contributed by atoms with E-state index in [1.54, 1.807) is 19.4 Å². The summed E-state index contributed by atoms with van der Waals surface area (Å²) in [6.07, 6.45) is 13.9. The van der Waals surface area contributed by atoms with Crippen LogP contribution >= 0.6 is 0 Å². The van der Waals surface area contributed by atoms with Gasteiger partial charge in [0, 0.05) is 25.6 Å². The normalized spacial score (nSPS) is 14.7. The van der Waals surface area contributed by atoms with E-state index in [9.17, 15) is 9.18 Å². The number of carbonyl (C=O) groups is 1. The lowest BCUT2D eigenvalue weighted by Gasteiger charge is -2.12. The molecular formula is C30H43FN2O2. The molecule has 1 heterocycles. The van der Waals surface area contributed by atoms with Crippen molar-refractivity contribution in [2.24, 2.45) is 0 Å². The van der Waals surface area contributed by atoms with Crippen molar-refractivity contribution >= 4 is 28.1 Å². The molecule has 2 aromatic rings. The van der Waals surface area contributed by atoms with Gasteiger partial charge in [0.1, 0.15) is 0 Å². The summed E-state index contributed by atoms with van der Waals surface area (Å²) in [4.78, 5) is 16.0. The Balaban J connectivity index is 0.000000574. The Bertz CT molecular complexity index is 1040. The topological polar surface area (TPSA) is 51.2 Å². The van der Waals surface area contributed by atoms with Crippen LogP contribution in [0.4, 0.5) is 10.1 Å². The first-order valence-corrected chi connectivity index (χ1v) is 12.7. The second kappa shape index (κ2) is 16.0. The second-order valence-electron chi connectivity index (χ2n) is 8.59. The molecule has 0 spiro atoms. The number of hydrogen-bond acceptors (Lipinski definition) is 3. The molecule has 0 saturated heterocycles. The number of carbonyl (C=O) groups excluding carboxylic acids is 1. The lowest BCUT2D eigenvalue weighted by atomic mass is 9.98. The van der Waals surface area contributed by atoms with Gasteiger partial charge in [0.2, 0.25) is 5.91 Å². The van der Waals surface area contributed by atoms with Crippen LogP contribution in [0.5, 0.6) is 0 Å². The molecule has 0 bridgehead atoms. The minimum atomic E-state index is -0.248. The van der Waals surface area contributed by atoms with E-state index in [2.05, 4.69) is 30.2 Å². The molecular weight excluding hydrogens is 439 g/mol. The molecule has 192 valence electrons. The first-order chi connectivity index (χ1) is 16.7. The molecule has 0 atom stereocenters. The highest BCUT2D eigenvalue weighted by Crippen LogP contribution is 2.30. The third-order valence-electron chi connectivity index (χ3n) is 5.78. The van der Waals surface area contributed by atoms with Crippen LogP contribution in [0, 0.1) is 6.92 Å². The molecule has 1 N–H and O–H groups in total. The largest absolute Gasteiger partial charge is 0.381 e. The van der Waals surface area contributed by atoms with Gasteiger partial charge < -0.3 is 10.1 Å². The van der Waals surface area contributed by atoms with Crippen molar-refractivity contribution < 1.29 is 13.9 Å². The van der Waals surface area contributed by atoms with Gasteiger partial charge in [0.05, 0.1) is 23.1 Å². The number of amides is 1. The fourth-order valence-corrected chi connectivity index (χ4v) is 3.74. The Kier molecular flexibility index (Phi) is 13.8. The van der Waals surface area contributed by atoms with Gasteiger partial charge in [-0.1, -0.05) is 57.4 Å². The van der Waals surface area contributed by atoms with Gasteiger partial charge in [-0.05, 0) is 74.9 Å². The number of benzene rings is 1. The van der Waals surface area contributed by atoms with E-state index in [0.29, 0.717) is 6.10 Å². The predicted octanol–water partition coefficient (Wildman–Crippen LogP) is 8.72. The first-order valence-electron chi connectivity index (χ1n) is 12.7. The van der Waals surface area contributed by atoms with Gasteiger partial charge in [-0.25, -0.2) is 4.39 Å². The molecule has 35 heavy (non-hydrogen) atoms. The first kappa shape index (κ1) is 30.2. The van der Waals surface area contributed by atoms with Crippen LogP contribution in [-0.2, 0) is 9.53 Å². The molecule has 1 fully saturated rings. The highest BCUT2D eigenvalue weighted by molar-refractivity contribution is 6.02. The maximum atomic E-state index is 13.2. The zero-order chi connectivity index (χ0) is 26.4. The molecule has 0 aliphatic heterocycles. The number of fused-ring (bicyclic) bond motifs is 1. The Morgan fingerprint density at radius 1 is 1.17 bits per heavy atom. The number of nitrogens with zero attached hydrogens (tertiary/aromatic N) is 1. The molecule has 3 rings (SSSR count). The highest BCUT2D eigenvalue weighted by atomic mass is 19.1. The predicted molar refractivity (Wildman–Crippen MR) is 148 cm³/mol. The summed E-state index contributed by atoms with van der Waals surface area (Å²) in [5, 5.41) is 3.77. The van der Waals surface area contributed by atoms with Crippen LogP contribution in [0.2, 0.25) is 0 Å². The average molecular weight is 483 g/mol. The maximum absolute atomic E-state index is 13.2. The molecule has 1 aromatic heterocycles. The molecule has 1 aliphatic rings.